The summed E-state index contributed by atoms with van der Waals surface area (Å²) >= 11 is 0. The molecule has 0 aliphatic heterocycles. The van der Waals surface area contributed by atoms with Gasteiger partial charge in [0, 0.05) is 11.8 Å². The van der Waals surface area contributed by atoms with Crippen molar-refractivity contribution in [2.24, 2.45) is 16.9 Å². The summed E-state index contributed by atoms with van der Waals surface area (Å²) in [5, 5.41) is 0. The minimum atomic E-state index is -0.429. The van der Waals surface area contributed by atoms with Crippen LogP contribution >= 0.6 is 0 Å². The largest absolute Gasteiger partial charge is 0.370 e. The zero-order chi connectivity index (χ0) is 14.0. The van der Waals surface area contributed by atoms with Crippen molar-refractivity contribution in [3.63, 3.8) is 0 Å². The van der Waals surface area contributed by atoms with Crippen molar-refractivity contribution in [1.82, 2.24) is 0 Å². The summed E-state index contributed by atoms with van der Waals surface area (Å²) in [4.78, 5) is 22.6. The van der Waals surface area contributed by atoms with E-state index in [1.165, 1.54) is 0 Å². The van der Waals surface area contributed by atoms with Crippen LogP contribution in [0.25, 0.3) is 0 Å². The van der Waals surface area contributed by atoms with Gasteiger partial charge in [0.25, 0.3) is 0 Å². The standard InChI is InChI=1S/C14H28N2O2/c1-3-5-9-14(13(16)18,10-6-4-2)11-7-8-12(15)17/h3-11H2,1-2H3,(H2,15,17)(H2,16,18). The summed E-state index contributed by atoms with van der Waals surface area (Å²) in [6, 6.07) is 0. The molecule has 0 atom stereocenters. The summed E-state index contributed by atoms with van der Waals surface area (Å²) in [6.07, 6.45) is 7.46. The zero-order valence-electron chi connectivity index (χ0n) is 11.8. The third-order valence-corrected chi connectivity index (χ3v) is 3.62. The number of hydrogen-bond acceptors (Lipinski definition) is 2. The predicted octanol–water partition coefficient (Wildman–Crippen LogP) is 2.49. The number of carbonyl (C=O) groups excluding carboxylic acids is 2. The molecule has 4 N–H and O–H groups in total. The summed E-state index contributed by atoms with van der Waals surface area (Å²) in [7, 11) is 0. The van der Waals surface area contributed by atoms with Crippen molar-refractivity contribution in [1.29, 1.82) is 0 Å². The Morgan fingerprint density at radius 2 is 1.33 bits per heavy atom. The van der Waals surface area contributed by atoms with Crippen LogP contribution in [-0.4, -0.2) is 11.8 Å². The summed E-state index contributed by atoms with van der Waals surface area (Å²) < 4.78 is 0. The van der Waals surface area contributed by atoms with E-state index in [4.69, 9.17) is 11.5 Å². The molecule has 106 valence electrons. The third kappa shape index (κ3) is 6.03. The van der Waals surface area contributed by atoms with Gasteiger partial charge in [-0.15, -0.1) is 0 Å². The number of hydrogen-bond donors (Lipinski definition) is 2. The molecule has 0 heterocycles. The average Bonchev–Trinajstić information content (AvgIpc) is 2.31. The number of carbonyl (C=O) groups is 2. The first-order valence-electron chi connectivity index (χ1n) is 7.06. The highest BCUT2D eigenvalue weighted by Gasteiger charge is 2.34. The van der Waals surface area contributed by atoms with Crippen molar-refractivity contribution in [3.05, 3.63) is 0 Å². The fourth-order valence-electron chi connectivity index (χ4n) is 2.38. The summed E-state index contributed by atoms with van der Waals surface area (Å²) in [5.74, 6) is -0.520. The predicted molar refractivity (Wildman–Crippen MR) is 73.7 cm³/mol. The van der Waals surface area contributed by atoms with Crippen LogP contribution < -0.4 is 11.5 Å². The lowest BCUT2D eigenvalue weighted by Gasteiger charge is -2.30. The Morgan fingerprint density at radius 3 is 1.67 bits per heavy atom. The van der Waals surface area contributed by atoms with E-state index >= 15 is 0 Å². The molecule has 4 heteroatoms. The van der Waals surface area contributed by atoms with Gasteiger partial charge in [0.05, 0.1) is 0 Å². The molecule has 0 spiro atoms. The lowest BCUT2D eigenvalue weighted by atomic mass is 9.74. The van der Waals surface area contributed by atoms with E-state index in [0.717, 1.165) is 38.5 Å². The van der Waals surface area contributed by atoms with Crippen LogP contribution in [0.5, 0.6) is 0 Å². The molecule has 0 saturated heterocycles. The monoisotopic (exact) mass is 256 g/mol. The SMILES string of the molecule is CCCCC(CCCC)(CCCC(N)=O)C(N)=O. The minimum Gasteiger partial charge on any atom is -0.370 e. The van der Waals surface area contributed by atoms with E-state index in [0.29, 0.717) is 19.3 Å². The molecule has 0 radical (unpaired) electrons. The van der Waals surface area contributed by atoms with E-state index in [1.54, 1.807) is 0 Å². The van der Waals surface area contributed by atoms with Gasteiger partial charge in [-0.2, -0.15) is 0 Å². The van der Waals surface area contributed by atoms with Crippen LogP contribution in [0.4, 0.5) is 0 Å². The van der Waals surface area contributed by atoms with Crippen molar-refractivity contribution in [3.8, 4) is 0 Å². The van der Waals surface area contributed by atoms with Gasteiger partial charge in [-0.05, 0) is 25.7 Å². The molecule has 2 amide bonds. The highest BCUT2D eigenvalue weighted by atomic mass is 16.1. The number of rotatable bonds is 11. The second-order valence-electron chi connectivity index (χ2n) is 5.17. The molecular weight excluding hydrogens is 228 g/mol. The molecule has 0 saturated carbocycles. The van der Waals surface area contributed by atoms with Gasteiger partial charge < -0.3 is 11.5 Å². The van der Waals surface area contributed by atoms with Crippen molar-refractivity contribution >= 4 is 11.8 Å². The maximum Gasteiger partial charge on any atom is 0.223 e. The molecule has 0 aliphatic carbocycles. The average molecular weight is 256 g/mol. The van der Waals surface area contributed by atoms with Crippen LogP contribution in [-0.2, 0) is 9.59 Å². The molecule has 0 bridgehead atoms. The molecule has 0 unspecified atom stereocenters. The molecule has 0 rings (SSSR count). The zero-order valence-corrected chi connectivity index (χ0v) is 11.8. The van der Waals surface area contributed by atoms with Crippen LogP contribution in [0, 0.1) is 5.41 Å². The van der Waals surface area contributed by atoms with Crippen molar-refractivity contribution < 1.29 is 9.59 Å². The highest BCUT2D eigenvalue weighted by Crippen LogP contribution is 2.36. The van der Waals surface area contributed by atoms with E-state index in [2.05, 4.69) is 13.8 Å². The Labute approximate surface area is 110 Å². The fraction of sp³-hybridized carbons (Fsp3) is 0.857. The van der Waals surface area contributed by atoms with E-state index in [9.17, 15) is 9.59 Å². The normalized spacial score (nSPS) is 11.4. The molecule has 0 fully saturated rings. The lowest BCUT2D eigenvalue weighted by molar-refractivity contribution is -0.129. The van der Waals surface area contributed by atoms with Crippen molar-refractivity contribution in [2.45, 2.75) is 71.6 Å². The minimum absolute atomic E-state index is 0.214. The second kappa shape index (κ2) is 8.95. The molecule has 18 heavy (non-hydrogen) atoms. The van der Waals surface area contributed by atoms with Gasteiger partial charge >= 0.3 is 0 Å². The molecular formula is C14H28N2O2. The van der Waals surface area contributed by atoms with Gasteiger partial charge in [-0.3, -0.25) is 9.59 Å². The maximum atomic E-state index is 11.8. The van der Waals surface area contributed by atoms with Gasteiger partial charge in [0.1, 0.15) is 0 Å². The van der Waals surface area contributed by atoms with Crippen LogP contribution in [0.2, 0.25) is 0 Å². The smallest absolute Gasteiger partial charge is 0.223 e. The lowest BCUT2D eigenvalue weighted by Crippen LogP contribution is -2.37. The van der Waals surface area contributed by atoms with Gasteiger partial charge in [0.15, 0.2) is 0 Å². The first kappa shape index (κ1) is 16.9. The summed E-state index contributed by atoms with van der Waals surface area (Å²) in [5.41, 5.74) is 10.3. The number of primary amides is 2. The summed E-state index contributed by atoms with van der Waals surface area (Å²) in [6.45, 7) is 4.21. The molecule has 0 aromatic heterocycles. The Bertz CT molecular complexity index is 257. The quantitative estimate of drug-likeness (QED) is 0.595. The van der Waals surface area contributed by atoms with Gasteiger partial charge in [-0.1, -0.05) is 39.5 Å². The van der Waals surface area contributed by atoms with E-state index in [-0.39, 0.29) is 11.8 Å². The number of unbranched alkanes of at least 4 members (excludes halogenated alkanes) is 2. The highest BCUT2D eigenvalue weighted by molar-refractivity contribution is 5.81. The molecule has 4 nitrogen and oxygen atoms in total. The molecule has 0 aromatic carbocycles. The molecule has 0 aromatic rings. The first-order chi connectivity index (χ1) is 8.48. The fourth-order valence-corrected chi connectivity index (χ4v) is 2.38. The van der Waals surface area contributed by atoms with Crippen LogP contribution in [0.15, 0.2) is 0 Å². The van der Waals surface area contributed by atoms with E-state index < -0.39 is 5.41 Å². The first-order valence-corrected chi connectivity index (χ1v) is 7.06. The van der Waals surface area contributed by atoms with E-state index in [1.807, 2.05) is 0 Å². The van der Waals surface area contributed by atoms with Gasteiger partial charge in [-0.25, -0.2) is 0 Å². The maximum absolute atomic E-state index is 11.8. The Hall–Kier alpha value is -1.06. The Kier molecular flexibility index (Phi) is 8.42. The van der Waals surface area contributed by atoms with Crippen LogP contribution in [0.1, 0.15) is 71.6 Å². The Morgan fingerprint density at radius 1 is 0.889 bits per heavy atom. The van der Waals surface area contributed by atoms with Crippen molar-refractivity contribution in [2.75, 3.05) is 0 Å². The van der Waals surface area contributed by atoms with Gasteiger partial charge in [0.2, 0.25) is 11.8 Å². The second-order valence-corrected chi connectivity index (χ2v) is 5.17. The Balaban J connectivity index is 4.59. The number of nitrogens with two attached hydrogens (primary N) is 2. The topological polar surface area (TPSA) is 86.2 Å². The number of amides is 2. The third-order valence-electron chi connectivity index (χ3n) is 3.62. The molecule has 0 aliphatic rings. The van der Waals surface area contributed by atoms with Crippen LogP contribution in [0.3, 0.4) is 0 Å².